The summed E-state index contributed by atoms with van der Waals surface area (Å²) >= 11 is 0. The number of nitrogens with one attached hydrogen (secondary N) is 1. The zero-order valence-electron chi connectivity index (χ0n) is 10.3. The molecule has 1 N–H and O–H groups in total. The molecule has 94 valence electrons. The zero-order chi connectivity index (χ0) is 12.7. The third-order valence-corrected chi connectivity index (χ3v) is 3.55. The van der Waals surface area contributed by atoms with E-state index >= 15 is 0 Å². The highest BCUT2D eigenvalue weighted by Crippen LogP contribution is 2.33. The third-order valence-electron chi connectivity index (χ3n) is 3.55. The van der Waals surface area contributed by atoms with Crippen LogP contribution in [0.3, 0.4) is 0 Å². The molecular formula is C14H13N5. The van der Waals surface area contributed by atoms with Crippen molar-refractivity contribution in [3.8, 4) is 0 Å². The molecule has 5 nitrogen and oxygen atoms in total. The largest absolute Gasteiger partial charge is 0.370 e. The van der Waals surface area contributed by atoms with Crippen LogP contribution in [0.1, 0.15) is 18.0 Å². The maximum Gasteiger partial charge on any atom is 0.183 e. The summed E-state index contributed by atoms with van der Waals surface area (Å²) in [5, 5.41) is 9.13. The number of pyridine rings is 2. The summed E-state index contributed by atoms with van der Waals surface area (Å²) in [7, 11) is 0. The fourth-order valence-corrected chi connectivity index (χ4v) is 2.67. The molecule has 0 aliphatic carbocycles. The highest BCUT2D eigenvalue weighted by Gasteiger charge is 2.24. The smallest absolute Gasteiger partial charge is 0.183 e. The first-order chi connectivity index (χ1) is 9.43. The molecule has 0 radical (unpaired) electrons. The molecule has 0 amide bonds. The lowest BCUT2D eigenvalue weighted by Gasteiger charge is -2.25. The van der Waals surface area contributed by atoms with E-state index < -0.39 is 0 Å². The standard InChI is InChI=1S/C14H13N5/c1-3-10(9-15-6-1)12-5-8-17-14-11-4-2-7-16-13(11)18-19(12)14/h1-4,6-7,9,12,17H,5,8H2. The van der Waals surface area contributed by atoms with Gasteiger partial charge in [0, 0.05) is 25.1 Å². The summed E-state index contributed by atoms with van der Waals surface area (Å²) in [6, 6.07) is 8.31. The van der Waals surface area contributed by atoms with Crippen LogP contribution in [0.5, 0.6) is 0 Å². The van der Waals surface area contributed by atoms with Crippen LogP contribution in [0.15, 0.2) is 42.9 Å². The fraction of sp³-hybridized carbons (Fsp3) is 0.214. The predicted molar refractivity (Wildman–Crippen MR) is 73.0 cm³/mol. The van der Waals surface area contributed by atoms with E-state index in [9.17, 15) is 0 Å². The molecule has 5 heteroatoms. The van der Waals surface area contributed by atoms with Crippen molar-refractivity contribution in [2.24, 2.45) is 0 Å². The molecule has 1 aliphatic heterocycles. The lowest BCUT2D eigenvalue weighted by atomic mass is 10.0. The maximum atomic E-state index is 4.63. The van der Waals surface area contributed by atoms with Gasteiger partial charge in [-0.2, -0.15) is 0 Å². The monoisotopic (exact) mass is 251 g/mol. The zero-order valence-corrected chi connectivity index (χ0v) is 10.3. The van der Waals surface area contributed by atoms with Crippen LogP contribution in [0.2, 0.25) is 0 Å². The quantitative estimate of drug-likeness (QED) is 0.720. The molecule has 0 aromatic carbocycles. The Bertz CT molecular complexity index is 719. The number of fused-ring (bicyclic) bond motifs is 3. The normalized spacial score (nSPS) is 18.0. The van der Waals surface area contributed by atoms with Crippen LogP contribution in [0.4, 0.5) is 5.82 Å². The average Bonchev–Trinajstić information content (AvgIpc) is 2.87. The molecule has 19 heavy (non-hydrogen) atoms. The Balaban J connectivity index is 1.91. The molecule has 0 spiro atoms. The molecule has 0 bridgehead atoms. The van der Waals surface area contributed by atoms with Crippen LogP contribution in [-0.2, 0) is 0 Å². The van der Waals surface area contributed by atoms with Crippen molar-refractivity contribution in [1.82, 2.24) is 19.7 Å². The van der Waals surface area contributed by atoms with E-state index in [-0.39, 0.29) is 6.04 Å². The van der Waals surface area contributed by atoms with Gasteiger partial charge in [-0.15, -0.1) is 5.10 Å². The highest BCUT2D eigenvalue weighted by atomic mass is 15.4. The Morgan fingerprint density at radius 2 is 2.16 bits per heavy atom. The van der Waals surface area contributed by atoms with E-state index in [4.69, 9.17) is 0 Å². The lowest BCUT2D eigenvalue weighted by Crippen LogP contribution is -2.24. The molecule has 3 aromatic rings. The number of hydrogen-bond donors (Lipinski definition) is 1. The molecule has 0 fully saturated rings. The Morgan fingerprint density at radius 1 is 1.21 bits per heavy atom. The van der Waals surface area contributed by atoms with Crippen LogP contribution >= 0.6 is 0 Å². The van der Waals surface area contributed by atoms with Gasteiger partial charge in [0.1, 0.15) is 5.82 Å². The van der Waals surface area contributed by atoms with Gasteiger partial charge in [-0.25, -0.2) is 9.67 Å². The van der Waals surface area contributed by atoms with Crippen molar-refractivity contribution in [3.63, 3.8) is 0 Å². The second-order valence-corrected chi connectivity index (χ2v) is 4.69. The predicted octanol–water partition coefficient (Wildman–Crippen LogP) is 2.23. The van der Waals surface area contributed by atoms with E-state index in [1.807, 2.05) is 23.0 Å². The first-order valence-corrected chi connectivity index (χ1v) is 6.40. The summed E-state index contributed by atoms with van der Waals surface area (Å²) in [5.74, 6) is 1.06. The van der Waals surface area contributed by atoms with Gasteiger partial charge in [0.15, 0.2) is 5.65 Å². The molecule has 0 saturated carbocycles. The van der Waals surface area contributed by atoms with E-state index in [0.717, 1.165) is 29.8 Å². The average molecular weight is 251 g/mol. The van der Waals surface area contributed by atoms with Gasteiger partial charge in [-0.05, 0) is 30.2 Å². The molecule has 4 heterocycles. The third kappa shape index (κ3) is 1.58. The van der Waals surface area contributed by atoms with Crippen molar-refractivity contribution in [3.05, 3.63) is 48.4 Å². The number of nitrogens with zero attached hydrogens (tertiary/aromatic N) is 4. The van der Waals surface area contributed by atoms with Crippen molar-refractivity contribution in [2.75, 3.05) is 11.9 Å². The molecule has 1 aliphatic rings. The van der Waals surface area contributed by atoms with Gasteiger partial charge in [-0.3, -0.25) is 4.98 Å². The van der Waals surface area contributed by atoms with Gasteiger partial charge in [0.05, 0.1) is 11.4 Å². The van der Waals surface area contributed by atoms with Gasteiger partial charge in [-0.1, -0.05) is 6.07 Å². The molecule has 4 rings (SSSR count). The van der Waals surface area contributed by atoms with E-state index in [1.54, 1.807) is 12.4 Å². The molecule has 1 atom stereocenters. The van der Waals surface area contributed by atoms with E-state index in [1.165, 1.54) is 5.56 Å². The summed E-state index contributed by atoms with van der Waals surface area (Å²) in [4.78, 5) is 8.54. The van der Waals surface area contributed by atoms with Crippen LogP contribution in [0, 0.1) is 0 Å². The summed E-state index contributed by atoms with van der Waals surface area (Å²) < 4.78 is 2.04. The first kappa shape index (κ1) is 10.5. The van der Waals surface area contributed by atoms with E-state index in [0.29, 0.717) is 0 Å². The number of hydrogen-bond acceptors (Lipinski definition) is 4. The van der Waals surface area contributed by atoms with Gasteiger partial charge in [0.25, 0.3) is 0 Å². The number of aromatic nitrogens is 4. The minimum Gasteiger partial charge on any atom is -0.370 e. The van der Waals surface area contributed by atoms with Crippen LogP contribution < -0.4 is 5.32 Å². The SMILES string of the molecule is c1cncc(C2CCNc3c4cccnc4nn32)c1. The molecule has 3 aromatic heterocycles. The topological polar surface area (TPSA) is 55.6 Å². The van der Waals surface area contributed by atoms with Crippen LogP contribution in [-0.4, -0.2) is 26.3 Å². The summed E-state index contributed by atoms with van der Waals surface area (Å²) in [6.07, 6.45) is 6.50. The lowest BCUT2D eigenvalue weighted by molar-refractivity contribution is 0.484. The van der Waals surface area contributed by atoms with Crippen molar-refractivity contribution in [2.45, 2.75) is 12.5 Å². The Kier molecular flexibility index (Phi) is 2.24. The minimum absolute atomic E-state index is 0.235. The Labute approximate surface area is 110 Å². The highest BCUT2D eigenvalue weighted by molar-refractivity contribution is 5.87. The number of rotatable bonds is 1. The Morgan fingerprint density at radius 3 is 3.05 bits per heavy atom. The van der Waals surface area contributed by atoms with Crippen molar-refractivity contribution >= 4 is 16.9 Å². The maximum absolute atomic E-state index is 4.63. The van der Waals surface area contributed by atoms with Crippen molar-refractivity contribution in [1.29, 1.82) is 0 Å². The first-order valence-electron chi connectivity index (χ1n) is 6.40. The van der Waals surface area contributed by atoms with Gasteiger partial charge < -0.3 is 5.32 Å². The number of anilines is 1. The van der Waals surface area contributed by atoms with Crippen molar-refractivity contribution < 1.29 is 0 Å². The summed E-state index contributed by atoms with van der Waals surface area (Å²) in [6.45, 7) is 0.940. The van der Waals surface area contributed by atoms with Crippen LogP contribution in [0.25, 0.3) is 11.0 Å². The Hall–Kier alpha value is -2.43. The minimum atomic E-state index is 0.235. The molecular weight excluding hydrogens is 238 g/mol. The summed E-state index contributed by atoms with van der Waals surface area (Å²) in [5.41, 5.74) is 1.99. The molecule has 0 saturated heterocycles. The van der Waals surface area contributed by atoms with Gasteiger partial charge >= 0.3 is 0 Å². The fourth-order valence-electron chi connectivity index (χ4n) is 2.67. The van der Waals surface area contributed by atoms with E-state index in [2.05, 4.69) is 32.5 Å². The van der Waals surface area contributed by atoms with Gasteiger partial charge in [0.2, 0.25) is 0 Å². The second kappa shape index (κ2) is 4.05. The molecule has 1 unspecified atom stereocenters. The second-order valence-electron chi connectivity index (χ2n) is 4.69.